The Kier molecular flexibility index (Phi) is 6.03. The number of carbonyl (C=O) groups excluding carboxylic acids is 1. The zero-order chi connectivity index (χ0) is 18.5. The van der Waals surface area contributed by atoms with E-state index in [1.165, 1.54) is 0 Å². The largest absolute Gasteiger partial charge is 0.460 e. The summed E-state index contributed by atoms with van der Waals surface area (Å²) >= 11 is 6.91. The van der Waals surface area contributed by atoms with Gasteiger partial charge in [0.25, 0.3) is 0 Å². The van der Waals surface area contributed by atoms with Crippen molar-refractivity contribution in [3.05, 3.63) is 58.6 Å². The van der Waals surface area contributed by atoms with Gasteiger partial charge in [0.1, 0.15) is 6.61 Å². The summed E-state index contributed by atoms with van der Waals surface area (Å²) in [5.41, 5.74) is 2.39. The Balaban J connectivity index is 1.88. The van der Waals surface area contributed by atoms with Gasteiger partial charge in [0.2, 0.25) is 0 Å². The summed E-state index contributed by atoms with van der Waals surface area (Å²) in [6, 6.07) is 13.9. The van der Waals surface area contributed by atoms with Crippen LogP contribution in [-0.2, 0) is 14.3 Å². The van der Waals surface area contributed by atoms with Crippen LogP contribution >= 0.6 is 23.6 Å². The Bertz CT molecular complexity index is 830. The lowest BCUT2D eigenvalue weighted by Crippen LogP contribution is -2.45. The van der Waals surface area contributed by atoms with Gasteiger partial charge in [-0.3, -0.25) is 0 Å². The van der Waals surface area contributed by atoms with E-state index in [1.807, 2.05) is 31.2 Å². The monoisotopic (exact) mass is 388 g/mol. The van der Waals surface area contributed by atoms with E-state index in [1.54, 1.807) is 18.4 Å². The number of hydrogen-bond donors (Lipinski definition) is 2. The van der Waals surface area contributed by atoms with Crippen molar-refractivity contribution in [1.82, 2.24) is 10.6 Å². The first-order valence-electron chi connectivity index (χ1n) is 8.19. The minimum absolute atomic E-state index is 0.211. The van der Waals surface area contributed by atoms with Gasteiger partial charge >= 0.3 is 5.97 Å². The van der Waals surface area contributed by atoms with Gasteiger partial charge in [-0.15, -0.1) is 11.3 Å². The van der Waals surface area contributed by atoms with E-state index in [4.69, 9.17) is 21.7 Å². The summed E-state index contributed by atoms with van der Waals surface area (Å²) in [5, 5.41) is 6.70. The summed E-state index contributed by atoms with van der Waals surface area (Å²) in [4.78, 5) is 14.7. The number of thiocarbonyl (C=S) groups is 1. The molecule has 0 aliphatic carbocycles. The lowest BCUT2D eigenvalue weighted by atomic mass is 10.0. The molecule has 0 radical (unpaired) electrons. The van der Waals surface area contributed by atoms with E-state index in [2.05, 4.69) is 28.8 Å². The Morgan fingerprint density at radius 2 is 1.96 bits per heavy atom. The van der Waals surface area contributed by atoms with Gasteiger partial charge in [-0.2, -0.15) is 0 Å². The van der Waals surface area contributed by atoms with Crippen LogP contribution in [-0.4, -0.2) is 31.4 Å². The summed E-state index contributed by atoms with van der Waals surface area (Å²) in [6.45, 7) is 2.40. The first-order chi connectivity index (χ1) is 12.6. The number of ether oxygens (including phenoxy) is 2. The maximum Gasteiger partial charge on any atom is 0.338 e. The highest BCUT2D eigenvalue weighted by atomic mass is 32.1. The molecule has 1 aromatic carbocycles. The van der Waals surface area contributed by atoms with Crippen LogP contribution in [0.3, 0.4) is 0 Å². The van der Waals surface area contributed by atoms with E-state index in [-0.39, 0.29) is 18.6 Å². The van der Waals surface area contributed by atoms with E-state index in [9.17, 15) is 4.79 Å². The molecule has 0 amide bonds. The van der Waals surface area contributed by atoms with Crippen LogP contribution in [0.2, 0.25) is 0 Å². The number of hydrogen-bond acceptors (Lipinski definition) is 5. The second kappa shape index (κ2) is 8.44. The van der Waals surface area contributed by atoms with E-state index in [0.717, 1.165) is 15.3 Å². The molecule has 1 aliphatic heterocycles. The van der Waals surface area contributed by atoms with E-state index in [0.29, 0.717) is 23.0 Å². The number of benzene rings is 1. The van der Waals surface area contributed by atoms with Gasteiger partial charge in [0, 0.05) is 22.6 Å². The lowest BCUT2D eigenvalue weighted by molar-refractivity contribution is -0.140. The predicted octanol–water partition coefficient (Wildman–Crippen LogP) is 3.40. The van der Waals surface area contributed by atoms with E-state index < -0.39 is 0 Å². The quantitative estimate of drug-likeness (QED) is 0.449. The van der Waals surface area contributed by atoms with Crippen molar-refractivity contribution in [3.63, 3.8) is 0 Å². The molecule has 1 aliphatic rings. The van der Waals surface area contributed by atoms with Gasteiger partial charge in [-0.1, -0.05) is 30.3 Å². The van der Waals surface area contributed by atoms with Crippen LogP contribution in [0.25, 0.3) is 10.4 Å². The van der Waals surface area contributed by atoms with Gasteiger partial charge in [-0.25, -0.2) is 4.79 Å². The van der Waals surface area contributed by atoms with Crippen molar-refractivity contribution < 1.29 is 14.3 Å². The molecule has 0 spiro atoms. The van der Waals surface area contributed by atoms with Crippen molar-refractivity contribution in [2.75, 3.05) is 20.3 Å². The highest BCUT2D eigenvalue weighted by molar-refractivity contribution is 7.80. The van der Waals surface area contributed by atoms with Crippen LogP contribution in [0.1, 0.15) is 17.8 Å². The van der Waals surface area contributed by atoms with Crippen LogP contribution in [0.15, 0.2) is 53.7 Å². The summed E-state index contributed by atoms with van der Waals surface area (Å²) in [6.07, 6.45) is 0. The molecule has 0 saturated heterocycles. The van der Waals surface area contributed by atoms with Crippen molar-refractivity contribution in [3.8, 4) is 10.4 Å². The number of allylic oxidation sites excluding steroid dienone is 1. The Labute approximate surface area is 162 Å². The molecule has 0 bridgehead atoms. The molecule has 5 nitrogen and oxygen atoms in total. The Morgan fingerprint density at radius 3 is 2.69 bits per heavy atom. The Hall–Kier alpha value is -2.22. The van der Waals surface area contributed by atoms with Gasteiger partial charge in [-0.05, 0) is 36.8 Å². The van der Waals surface area contributed by atoms with Crippen LogP contribution in [0.5, 0.6) is 0 Å². The van der Waals surface area contributed by atoms with Crippen molar-refractivity contribution in [2.45, 2.75) is 13.0 Å². The third-order valence-electron chi connectivity index (χ3n) is 3.98. The average Bonchev–Trinajstić information content (AvgIpc) is 3.12. The molecule has 1 atom stereocenters. The smallest absolute Gasteiger partial charge is 0.338 e. The highest BCUT2D eigenvalue weighted by Gasteiger charge is 2.32. The van der Waals surface area contributed by atoms with Crippen molar-refractivity contribution in [2.24, 2.45) is 0 Å². The molecule has 2 heterocycles. The van der Waals surface area contributed by atoms with Crippen LogP contribution < -0.4 is 10.6 Å². The number of esters is 1. The summed E-state index contributed by atoms with van der Waals surface area (Å²) < 4.78 is 10.3. The highest BCUT2D eigenvalue weighted by Crippen LogP contribution is 2.36. The number of methoxy groups -OCH3 is 1. The third kappa shape index (κ3) is 4.12. The van der Waals surface area contributed by atoms with Crippen LogP contribution in [0, 0.1) is 0 Å². The fraction of sp³-hybridized carbons (Fsp3) is 0.263. The zero-order valence-corrected chi connectivity index (χ0v) is 16.2. The first-order valence-corrected chi connectivity index (χ1v) is 9.42. The summed E-state index contributed by atoms with van der Waals surface area (Å²) in [7, 11) is 1.57. The normalized spacial score (nSPS) is 16.8. The standard InChI is InChI=1S/C19H20N2O3S2/c1-12-16(18(22)24-11-10-23-2)17(21-19(25)20-12)15-9-8-14(26-15)13-6-4-3-5-7-13/h3-9,17H,10-11H2,1-2H3,(H2,20,21,25). The molecular weight excluding hydrogens is 368 g/mol. The minimum atomic E-state index is -0.373. The predicted molar refractivity (Wildman–Crippen MR) is 107 cm³/mol. The fourth-order valence-electron chi connectivity index (χ4n) is 2.74. The Morgan fingerprint density at radius 1 is 1.19 bits per heavy atom. The third-order valence-corrected chi connectivity index (χ3v) is 5.40. The molecule has 0 saturated carbocycles. The van der Waals surface area contributed by atoms with Gasteiger partial charge in [0.05, 0.1) is 18.2 Å². The van der Waals surface area contributed by atoms with Gasteiger partial charge in [0.15, 0.2) is 5.11 Å². The molecule has 2 N–H and O–H groups in total. The molecule has 1 aromatic heterocycles. The number of rotatable bonds is 6. The fourth-order valence-corrected chi connectivity index (χ4v) is 4.08. The second-order valence-electron chi connectivity index (χ2n) is 5.77. The molecule has 3 rings (SSSR count). The number of thiophene rings is 1. The molecule has 1 unspecified atom stereocenters. The van der Waals surface area contributed by atoms with Crippen molar-refractivity contribution in [1.29, 1.82) is 0 Å². The number of carbonyl (C=O) groups is 1. The molecule has 0 fully saturated rings. The molecular formula is C19H20N2O3S2. The van der Waals surface area contributed by atoms with Crippen LogP contribution in [0.4, 0.5) is 0 Å². The lowest BCUT2D eigenvalue weighted by Gasteiger charge is -2.28. The zero-order valence-electron chi connectivity index (χ0n) is 14.6. The van der Waals surface area contributed by atoms with Crippen molar-refractivity contribution >= 4 is 34.6 Å². The molecule has 2 aromatic rings. The summed E-state index contributed by atoms with van der Waals surface area (Å²) in [5.74, 6) is -0.373. The maximum atomic E-state index is 12.6. The average molecular weight is 389 g/mol. The molecule has 136 valence electrons. The first kappa shape index (κ1) is 18.6. The minimum Gasteiger partial charge on any atom is -0.460 e. The van der Waals surface area contributed by atoms with E-state index >= 15 is 0 Å². The second-order valence-corrected chi connectivity index (χ2v) is 7.29. The SMILES string of the molecule is COCCOC(=O)C1=C(C)NC(=S)NC1c1ccc(-c2ccccc2)s1. The topological polar surface area (TPSA) is 59.6 Å². The molecule has 7 heteroatoms. The number of nitrogens with one attached hydrogen (secondary N) is 2. The molecule has 26 heavy (non-hydrogen) atoms. The van der Waals surface area contributed by atoms with Gasteiger partial charge < -0.3 is 20.1 Å². The maximum absolute atomic E-state index is 12.6.